The van der Waals surface area contributed by atoms with Crippen molar-refractivity contribution in [3.63, 3.8) is 0 Å². The van der Waals surface area contributed by atoms with Crippen molar-refractivity contribution in [2.75, 3.05) is 0 Å². The molecular weight excluding hydrogens is 862 g/mol. The zero-order valence-corrected chi connectivity index (χ0v) is 34.3. The molecule has 8 nitrogen and oxygen atoms in total. The third-order valence-corrected chi connectivity index (χ3v) is 9.50. The number of rotatable bonds is 0. The zero-order chi connectivity index (χ0) is 46.5. The van der Waals surface area contributed by atoms with Crippen molar-refractivity contribution in [3.8, 4) is 0 Å². The number of aromatic nitrogens is 8. The molecule has 0 saturated heterocycles. The third kappa shape index (κ3) is 12.5. The SMILES string of the molecule is F[B-](F)(F)F.F[B-](F)(F)F.c1cnc2c(c1)ccc1ccc[nH+]c12.c1cnc2c(c1)ccc1ccc[nH+]c12.c1cnc2c(c1)ccc1cccnc12.c1cnc2c(c1)ccc1cccnc12. The minimum absolute atomic E-state index is 0.977. The van der Waals surface area contributed by atoms with Crippen molar-refractivity contribution in [3.05, 3.63) is 195 Å². The molecule has 0 amide bonds. The van der Waals surface area contributed by atoms with Crippen LogP contribution in [0.1, 0.15) is 0 Å². The van der Waals surface area contributed by atoms with Gasteiger partial charge in [-0.05, 0) is 60.7 Å². The van der Waals surface area contributed by atoms with E-state index in [1.54, 1.807) is 24.8 Å². The molecule has 0 spiro atoms. The van der Waals surface area contributed by atoms with E-state index in [1.807, 2.05) is 73.3 Å². The maximum absolute atomic E-state index is 9.75. The van der Waals surface area contributed by atoms with Gasteiger partial charge in [0.15, 0.2) is 12.4 Å². The number of hydrogen-bond donors (Lipinski definition) is 0. The van der Waals surface area contributed by atoms with E-state index in [4.69, 9.17) is 0 Å². The largest absolute Gasteiger partial charge is 0.673 e. The van der Waals surface area contributed by atoms with Gasteiger partial charge in [-0.25, -0.2) is 19.9 Å². The summed E-state index contributed by atoms with van der Waals surface area (Å²) in [5, 5.41) is 9.28. The highest BCUT2D eigenvalue weighted by Gasteiger charge is 2.21. The van der Waals surface area contributed by atoms with Gasteiger partial charge < -0.3 is 34.5 Å². The number of aromatic amines is 2. The number of H-pyrrole nitrogens is 2. The average molecular weight is 896 g/mol. The molecule has 0 aliphatic heterocycles. The van der Waals surface area contributed by atoms with Crippen LogP contribution in [-0.2, 0) is 0 Å². The van der Waals surface area contributed by atoms with Gasteiger partial charge in [0.05, 0.1) is 22.1 Å². The Morgan fingerprint density at radius 2 is 0.455 bits per heavy atom. The molecule has 0 aliphatic rings. The monoisotopic (exact) mass is 896 g/mol. The lowest BCUT2D eigenvalue weighted by atomic mass is 10.1. The number of nitrogens with one attached hydrogen (secondary N) is 2. The van der Waals surface area contributed by atoms with Crippen LogP contribution in [0.3, 0.4) is 0 Å². The van der Waals surface area contributed by atoms with Crippen molar-refractivity contribution >= 4 is 102 Å². The lowest BCUT2D eigenvalue weighted by Gasteiger charge is -2.00. The highest BCUT2D eigenvalue weighted by Crippen LogP contribution is 2.23. The number of halogens is 8. The molecular formula is C48H34B2F8N8. The van der Waals surface area contributed by atoms with Gasteiger partial charge in [0.2, 0.25) is 11.0 Å². The van der Waals surface area contributed by atoms with Crippen LogP contribution in [0.5, 0.6) is 0 Å². The molecule has 4 aromatic carbocycles. The standard InChI is InChI=1S/4C12H8N2.2BF4/c4*1-3-9-5-6-10-4-2-8-14-12(10)11(9)13-7-1;2*2-1(3,4)5/h4*1-8H;;/q;;;;2*-1/p+2. The lowest BCUT2D eigenvalue weighted by molar-refractivity contribution is -0.343. The van der Waals surface area contributed by atoms with Gasteiger partial charge in [-0.3, -0.25) is 19.9 Å². The van der Waals surface area contributed by atoms with E-state index >= 15 is 0 Å². The topological polar surface area (TPSA) is 106 Å². The molecule has 0 aliphatic carbocycles. The smallest absolute Gasteiger partial charge is 0.418 e. The average Bonchev–Trinajstić information content (AvgIpc) is 3.33. The summed E-state index contributed by atoms with van der Waals surface area (Å²) in [4.78, 5) is 32.6. The molecule has 0 bridgehead atoms. The number of pyridine rings is 8. The summed E-state index contributed by atoms with van der Waals surface area (Å²) in [6.07, 6.45) is 14.7. The molecule has 0 fully saturated rings. The Morgan fingerprint density at radius 3 is 0.712 bits per heavy atom. The van der Waals surface area contributed by atoms with Crippen molar-refractivity contribution < 1.29 is 44.5 Å². The zero-order valence-electron chi connectivity index (χ0n) is 34.3. The fourth-order valence-corrected chi connectivity index (χ4v) is 6.83. The molecule has 66 heavy (non-hydrogen) atoms. The van der Waals surface area contributed by atoms with Crippen LogP contribution >= 0.6 is 0 Å². The molecule has 0 unspecified atom stereocenters. The summed E-state index contributed by atoms with van der Waals surface area (Å²) >= 11 is 0. The minimum Gasteiger partial charge on any atom is -0.418 e. The predicted octanol–water partition coefficient (Wildman–Crippen LogP) is 12.6. The van der Waals surface area contributed by atoms with Crippen molar-refractivity contribution in [1.29, 1.82) is 0 Å². The summed E-state index contributed by atoms with van der Waals surface area (Å²) in [6, 6.07) is 48.9. The second-order valence-corrected chi connectivity index (χ2v) is 14.0. The highest BCUT2D eigenvalue weighted by molar-refractivity contribution is 6.50. The summed E-state index contributed by atoms with van der Waals surface area (Å²) in [7, 11) is -12.0. The normalized spacial score (nSPS) is 11.0. The number of nitrogens with zero attached hydrogens (tertiary/aromatic N) is 6. The maximum Gasteiger partial charge on any atom is 0.673 e. The van der Waals surface area contributed by atoms with Crippen LogP contribution < -0.4 is 9.97 Å². The van der Waals surface area contributed by atoms with Crippen LogP contribution in [0.25, 0.3) is 87.2 Å². The molecule has 8 heterocycles. The predicted molar refractivity (Wildman–Crippen MR) is 246 cm³/mol. The Bertz CT molecular complexity index is 2860. The van der Waals surface area contributed by atoms with Gasteiger partial charge in [-0.15, -0.1) is 0 Å². The molecule has 12 aromatic rings. The van der Waals surface area contributed by atoms with Crippen LogP contribution in [0, 0.1) is 0 Å². The second kappa shape index (κ2) is 20.9. The van der Waals surface area contributed by atoms with Crippen LogP contribution in [0.15, 0.2) is 195 Å². The number of hydrogen-bond acceptors (Lipinski definition) is 6. The first kappa shape index (κ1) is 45.7. The first-order valence-electron chi connectivity index (χ1n) is 20.0. The molecule has 0 saturated carbocycles. The van der Waals surface area contributed by atoms with E-state index in [-0.39, 0.29) is 0 Å². The van der Waals surface area contributed by atoms with Crippen molar-refractivity contribution in [2.24, 2.45) is 0 Å². The highest BCUT2D eigenvalue weighted by atomic mass is 19.5. The van der Waals surface area contributed by atoms with Gasteiger partial charge in [0.25, 0.3) is 0 Å². The fourth-order valence-electron chi connectivity index (χ4n) is 6.83. The molecule has 0 radical (unpaired) electrons. The van der Waals surface area contributed by atoms with Gasteiger partial charge in [-0.2, -0.15) is 0 Å². The van der Waals surface area contributed by atoms with Crippen LogP contribution in [0.2, 0.25) is 0 Å². The second-order valence-electron chi connectivity index (χ2n) is 14.0. The number of fused-ring (bicyclic) bond motifs is 12. The molecule has 18 heteroatoms. The first-order chi connectivity index (χ1) is 31.8. The van der Waals surface area contributed by atoms with Gasteiger partial charge in [-0.1, -0.05) is 72.8 Å². The summed E-state index contributed by atoms with van der Waals surface area (Å²) in [5.41, 5.74) is 8.18. The van der Waals surface area contributed by atoms with E-state index in [9.17, 15) is 34.5 Å². The first-order valence-corrected chi connectivity index (χ1v) is 20.0. The Kier molecular flexibility index (Phi) is 14.5. The van der Waals surface area contributed by atoms with Gasteiger partial charge in [0, 0.05) is 92.4 Å². The third-order valence-electron chi connectivity index (χ3n) is 9.50. The van der Waals surface area contributed by atoms with E-state index in [2.05, 4.69) is 137 Å². The maximum atomic E-state index is 9.75. The molecule has 12 rings (SSSR count). The Balaban J connectivity index is 0.000000123. The number of benzene rings is 4. The lowest BCUT2D eigenvalue weighted by Crippen LogP contribution is -2.02. The van der Waals surface area contributed by atoms with E-state index < -0.39 is 14.5 Å². The Hall–Kier alpha value is -8.27. The van der Waals surface area contributed by atoms with Gasteiger partial charge >= 0.3 is 14.5 Å². The summed E-state index contributed by atoms with van der Waals surface area (Å²) < 4.78 is 78.0. The van der Waals surface area contributed by atoms with Crippen molar-refractivity contribution in [1.82, 2.24) is 29.9 Å². The molecule has 0 atom stereocenters. The quantitative estimate of drug-likeness (QED) is 0.0853. The van der Waals surface area contributed by atoms with Crippen LogP contribution in [-0.4, -0.2) is 44.4 Å². The Morgan fingerprint density at radius 1 is 0.258 bits per heavy atom. The molecule has 328 valence electrons. The summed E-state index contributed by atoms with van der Waals surface area (Å²) in [6.45, 7) is 0. The molecule has 2 N–H and O–H groups in total. The van der Waals surface area contributed by atoms with E-state index in [1.165, 1.54) is 21.5 Å². The van der Waals surface area contributed by atoms with E-state index in [0.29, 0.717) is 0 Å². The molecule has 8 aromatic heterocycles. The Labute approximate surface area is 370 Å². The fraction of sp³-hybridized carbons (Fsp3) is 0. The minimum atomic E-state index is -6.00. The van der Waals surface area contributed by atoms with E-state index in [0.717, 1.165) is 65.7 Å². The van der Waals surface area contributed by atoms with Crippen LogP contribution in [0.4, 0.5) is 34.5 Å². The summed E-state index contributed by atoms with van der Waals surface area (Å²) in [5.74, 6) is 0. The van der Waals surface area contributed by atoms with Crippen molar-refractivity contribution in [2.45, 2.75) is 0 Å². The van der Waals surface area contributed by atoms with Gasteiger partial charge in [0.1, 0.15) is 11.0 Å².